The van der Waals surface area contributed by atoms with Crippen LogP contribution in [0.1, 0.15) is 19.3 Å². The molecule has 1 N–H and O–H groups in total. The highest BCUT2D eigenvalue weighted by atomic mass is 15.1. The van der Waals surface area contributed by atoms with E-state index in [9.17, 15) is 0 Å². The van der Waals surface area contributed by atoms with Crippen LogP contribution < -0.4 is 5.32 Å². The van der Waals surface area contributed by atoms with Gasteiger partial charge in [-0.15, -0.1) is 0 Å². The summed E-state index contributed by atoms with van der Waals surface area (Å²) in [5.74, 6) is 0. The maximum atomic E-state index is 8.50. The molecule has 1 fully saturated rings. The highest BCUT2D eigenvalue weighted by Gasteiger charge is 2.43. The van der Waals surface area contributed by atoms with Crippen molar-refractivity contribution >= 4 is 0 Å². The monoisotopic (exact) mass is 134 g/mol. The van der Waals surface area contributed by atoms with E-state index in [2.05, 4.69) is 23.5 Å². The fourth-order valence-corrected chi connectivity index (χ4v) is 1.80. The molecule has 1 unspecified atom stereocenters. The lowest BCUT2D eigenvalue weighted by Gasteiger charge is -2.43. The molecule has 0 saturated carbocycles. The highest BCUT2D eigenvalue weighted by molar-refractivity contribution is 5.19. The number of nitrogens with zero attached hydrogens (tertiary/aromatic N) is 1. The van der Waals surface area contributed by atoms with Crippen LogP contribution in [0, 0.1) is 11.3 Å². The Kier molecular flexibility index (Phi) is 1.09. The van der Waals surface area contributed by atoms with Gasteiger partial charge >= 0.3 is 0 Å². The predicted octanol–water partition coefficient (Wildman–Crippen LogP) is 0.961. The largest absolute Gasteiger partial charge is 0.296 e. The van der Waals surface area contributed by atoms with Gasteiger partial charge in [-0.2, -0.15) is 5.26 Å². The fraction of sp³-hybridized carbons (Fsp3) is 0.625. The zero-order valence-electron chi connectivity index (χ0n) is 5.80. The van der Waals surface area contributed by atoms with Gasteiger partial charge < -0.3 is 0 Å². The Morgan fingerprint density at radius 2 is 2.10 bits per heavy atom. The molecule has 0 aromatic rings. The number of nitrogens with one attached hydrogen (secondary N) is 1. The Bertz CT molecular complexity index is 196. The third kappa shape index (κ3) is 0.676. The lowest BCUT2D eigenvalue weighted by Crippen LogP contribution is -2.61. The molecule has 1 atom stereocenters. The summed E-state index contributed by atoms with van der Waals surface area (Å²) in [6.07, 6.45) is 7.66. The maximum absolute atomic E-state index is 8.50. The minimum Gasteiger partial charge on any atom is -0.296 e. The molecule has 1 aliphatic heterocycles. The summed E-state index contributed by atoms with van der Waals surface area (Å²) in [7, 11) is 0. The van der Waals surface area contributed by atoms with E-state index < -0.39 is 0 Å². The quantitative estimate of drug-likeness (QED) is 0.501. The average molecular weight is 134 g/mol. The van der Waals surface area contributed by atoms with Crippen molar-refractivity contribution in [3.63, 3.8) is 0 Å². The molecule has 2 heteroatoms. The summed E-state index contributed by atoms with van der Waals surface area (Å²) in [6, 6.07) is 2.34. The molecule has 0 radical (unpaired) electrons. The van der Waals surface area contributed by atoms with E-state index in [0.29, 0.717) is 5.54 Å². The number of hydrogen-bond acceptors (Lipinski definition) is 2. The van der Waals surface area contributed by atoms with Crippen molar-refractivity contribution in [3.8, 4) is 6.07 Å². The van der Waals surface area contributed by atoms with Crippen molar-refractivity contribution in [1.29, 1.82) is 5.26 Å². The van der Waals surface area contributed by atoms with E-state index in [1.165, 1.54) is 0 Å². The summed E-state index contributed by atoms with van der Waals surface area (Å²) in [6.45, 7) is 0. The maximum Gasteiger partial charge on any atom is 0.0975 e. The van der Waals surface area contributed by atoms with E-state index in [4.69, 9.17) is 5.26 Å². The van der Waals surface area contributed by atoms with Crippen LogP contribution in [0.15, 0.2) is 12.2 Å². The molecule has 10 heavy (non-hydrogen) atoms. The molecule has 0 aromatic heterocycles. The molecule has 2 aliphatic rings. The first-order valence-electron chi connectivity index (χ1n) is 3.67. The van der Waals surface area contributed by atoms with Crippen molar-refractivity contribution in [2.45, 2.75) is 30.8 Å². The molecule has 1 spiro atoms. The summed E-state index contributed by atoms with van der Waals surface area (Å²) in [5, 5.41) is 11.8. The normalized spacial score (nSPS) is 33.7. The summed E-state index contributed by atoms with van der Waals surface area (Å²) in [4.78, 5) is 0. The van der Waals surface area contributed by atoms with Crippen LogP contribution >= 0.6 is 0 Å². The first-order valence-corrected chi connectivity index (χ1v) is 3.67. The fourth-order valence-electron chi connectivity index (χ4n) is 1.80. The Hall–Kier alpha value is -0.810. The third-order valence-corrected chi connectivity index (χ3v) is 2.41. The molecule has 52 valence electrons. The second-order valence-electron chi connectivity index (χ2n) is 3.19. The van der Waals surface area contributed by atoms with Crippen molar-refractivity contribution in [1.82, 2.24) is 5.32 Å². The topological polar surface area (TPSA) is 35.8 Å². The SMILES string of the molecule is N#CC1CC2(CC=CC2)N1. The molecule has 2 rings (SSSR count). The zero-order valence-corrected chi connectivity index (χ0v) is 5.80. The minimum absolute atomic E-state index is 0.125. The van der Waals surface area contributed by atoms with E-state index in [-0.39, 0.29) is 6.04 Å². The standard InChI is InChI=1S/C8H10N2/c9-6-7-5-8(10-7)3-1-2-4-8/h1-2,7,10H,3-5H2. The number of hydrogen-bond donors (Lipinski definition) is 1. The lowest BCUT2D eigenvalue weighted by molar-refractivity contribution is 0.182. The second-order valence-corrected chi connectivity index (χ2v) is 3.19. The van der Waals surface area contributed by atoms with Crippen LogP contribution in [0.4, 0.5) is 0 Å². The highest BCUT2D eigenvalue weighted by Crippen LogP contribution is 2.35. The van der Waals surface area contributed by atoms with Crippen LogP contribution in [0.2, 0.25) is 0 Å². The molecule has 0 aromatic carbocycles. The van der Waals surface area contributed by atoms with Crippen LogP contribution in [0.25, 0.3) is 0 Å². The van der Waals surface area contributed by atoms with Gasteiger partial charge in [0, 0.05) is 5.54 Å². The molecule has 1 heterocycles. The van der Waals surface area contributed by atoms with Crippen molar-refractivity contribution in [3.05, 3.63) is 12.2 Å². The summed E-state index contributed by atoms with van der Waals surface area (Å²) < 4.78 is 0. The van der Waals surface area contributed by atoms with Crippen molar-refractivity contribution in [2.24, 2.45) is 0 Å². The average Bonchev–Trinajstić information content (AvgIpc) is 2.30. The Labute approximate surface area is 60.5 Å². The van der Waals surface area contributed by atoms with Crippen LogP contribution in [-0.2, 0) is 0 Å². The molecule has 2 nitrogen and oxygen atoms in total. The molecule has 0 amide bonds. The van der Waals surface area contributed by atoms with E-state index in [0.717, 1.165) is 19.3 Å². The number of nitriles is 1. The van der Waals surface area contributed by atoms with Gasteiger partial charge in [0.25, 0.3) is 0 Å². The van der Waals surface area contributed by atoms with Crippen molar-refractivity contribution in [2.75, 3.05) is 0 Å². The van der Waals surface area contributed by atoms with Crippen LogP contribution in [-0.4, -0.2) is 11.6 Å². The zero-order chi connectivity index (χ0) is 7.03. The number of rotatable bonds is 0. The third-order valence-electron chi connectivity index (χ3n) is 2.41. The Balaban J connectivity index is 1.96. The molecular formula is C8H10N2. The Morgan fingerprint density at radius 3 is 2.60 bits per heavy atom. The van der Waals surface area contributed by atoms with Crippen molar-refractivity contribution < 1.29 is 0 Å². The first-order chi connectivity index (χ1) is 4.85. The van der Waals surface area contributed by atoms with Gasteiger partial charge in [-0.05, 0) is 19.3 Å². The van der Waals surface area contributed by atoms with Gasteiger partial charge in [0.1, 0.15) is 0 Å². The summed E-state index contributed by atoms with van der Waals surface area (Å²) >= 11 is 0. The van der Waals surface area contributed by atoms with Crippen LogP contribution in [0.5, 0.6) is 0 Å². The second kappa shape index (κ2) is 1.83. The van der Waals surface area contributed by atoms with E-state index in [1.54, 1.807) is 0 Å². The van der Waals surface area contributed by atoms with Gasteiger partial charge in [0.2, 0.25) is 0 Å². The van der Waals surface area contributed by atoms with Gasteiger partial charge in [-0.1, -0.05) is 12.2 Å². The molecule has 0 bridgehead atoms. The molecule has 1 aliphatic carbocycles. The minimum atomic E-state index is 0.125. The van der Waals surface area contributed by atoms with Crippen LogP contribution in [0.3, 0.4) is 0 Å². The van der Waals surface area contributed by atoms with Gasteiger partial charge in [-0.3, -0.25) is 5.32 Å². The first kappa shape index (κ1) is 5.94. The van der Waals surface area contributed by atoms with E-state index >= 15 is 0 Å². The Morgan fingerprint density at radius 1 is 1.50 bits per heavy atom. The lowest BCUT2D eigenvalue weighted by atomic mass is 9.80. The summed E-state index contributed by atoms with van der Waals surface area (Å²) in [5.41, 5.74) is 0.306. The van der Waals surface area contributed by atoms with Gasteiger partial charge in [0.15, 0.2) is 0 Å². The van der Waals surface area contributed by atoms with E-state index in [1.807, 2.05) is 0 Å². The molecular weight excluding hydrogens is 124 g/mol. The smallest absolute Gasteiger partial charge is 0.0975 e. The predicted molar refractivity (Wildman–Crippen MR) is 38.3 cm³/mol. The van der Waals surface area contributed by atoms with Gasteiger partial charge in [0.05, 0.1) is 12.1 Å². The molecule has 1 saturated heterocycles. The van der Waals surface area contributed by atoms with Gasteiger partial charge in [-0.25, -0.2) is 0 Å².